The van der Waals surface area contributed by atoms with Gasteiger partial charge in [-0.05, 0) is 67.1 Å². The zero-order chi connectivity index (χ0) is 20.9. The molecule has 0 aliphatic carbocycles. The predicted octanol–water partition coefficient (Wildman–Crippen LogP) is 6.14. The van der Waals surface area contributed by atoms with E-state index in [0.29, 0.717) is 17.3 Å². The van der Waals surface area contributed by atoms with E-state index >= 15 is 0 Å². The fraction of sp³-hybridized carbons (Fsp3) is 0.0870. The SMILES string of the molecule is CCOc1ccc(/C=N/N(C(=O)c2ccccc2)c2nc3ccc(Br)cc3s2)cc1. The van der Waals surface area contributed by atoms with Crippen LogP contribution in [0.2, 0.25) is 0 Å². The zero-order valence-electron chi connectivity index (χ0n) is 16.2. The molecule has 0 atom stereocenters. The molecule has 5 nitrogen and oxygen atoms in total. The molecule has 4 aromatic rings. The number of halogens is 1. The number of thiazole rings is 1. The van der Waals surface area contributed by atoms with Gasteiger partial charge in [0.15, 0.2) is 0 Å². The highest BCUT2D eigenvalue weighted by Gasteiger charge is 2.20. The Labute approximate surface area is 186 Å². The standard InChI is InChI=1S/C23H18BrN3O2S/c1-2-29-19-11-8-16(9-12-19)15-25-27(22(28)17-6-4-3-5-7-17)23-26-20-13-10-18(24)14-21(20)30-23/h3-15H,2H2,1H3/b25-15+. The van der Waals surface area contributed by atoms with Gasteiger partial charge in [0.05, 0.1) is 23.0 Å². The summed E-state index contributed by atoms with van der Waals surface area (Å²) in [5, 5.41) is 6.35. The van der Waals surface area contributed by atoms with E-state index in [1.165, 1.54) is 16.3 Å². The molecule has 0 bridgehead atoms. The van der Waals surface area contributed by atoms with Crippen molar-refractivity contribution in [2.24, 2.45) is 5.10 Å². The minimum Gasteiger partial charge on any atom is -0.494 e. The molecule has 0 fully saturated rings. The highest BCUT2D eigenvalue weighted by molar-refractivity contribution is 9.10. The van der Waals surface area contributed by atoms with Gasteiger partial charge in [-0.1, -0.05) is 45.5 Å². The molecule has 4 rings (SSSR count). The van der Waals surface area contributed by atoms with Crippen LogP contribution in [0, 0.1) is 0 Å². The van der Waals surface area contributed by atoms with Gasteiger partial charge in [0.2, 0.25) is 5.13 Å². The Morgan fingerprint density at radius 3 is 2.63 bits per heavy atom. The monoisotopic (exact) mass is 479 g/mol. The van der Waals surface area contributed by atoms with Crippen LogP contribution in [-0.2, 0) is 0 Å². The second kappa shape index (κ2) is 9.19. The van der Waals surface area contributed by atoms with Crippen LogP contribution >= 0.6 is 27.3 Å². The molecule has 1 amide bonds. The van der Waals surface area contributed by atoms with Crippen molar-refractivity contribution >= 4 is 54.7 Å². The Morgan fingerprint density at radius 2 is 1.90 bits per heavy atom. The summed E-state index contributed by atoms with van der Waals surface area (Å²) in [6, 6.07) is 22.5. The number of anilines is 1. The predicted molar refractivity (Wildman–Crippen MR) is 126 cm³/mol. The summed E-state index contributed by atoms with van der Waals surface area (Å²) >= 11 is 4.90. The molecule has 0 radical (unpaired) electrons. The molecule has 1 heterocycles. The largest absolute Gasteiger partial charge is 0.494 e. The van der Waals surface area contributed by atoms with Crippen molar-refractivity contribution in [1.82, 2.24) is 4.98 Å². The molecule has 0 N–H and O–H groups in total. The fourth-order valence-electron chi connectivity index (χ4n) is 2.81. The van der Waals surface area contributed by atoms with Crippen molar-refractivity contribution in [3.05, 3.63) is 88.4 Å². The van der Waals surface area contributed by atoms with Crippen molar-refractivity contribution in [2.75, 3.05) is 11.6 Å². The Hall–Kier alpha value is -3.03. The van der Waals surface area contributed by atoms with Gasteiger partial charge in [-0.25, -0.2) is 4.98 Å². The highest BCUT2D eigenvalue weighted by Crippen LogP contribution is 2.32. The third-order valence-electron chi connectivity index (χ3n) is 4.25. The first-order valence-electron chi connectivity index (χ1n) is 9.36. The molecule has 0 aliphatic heterocycles. The summed E-state index contributed by atoms with van der Waals surface area (Å²) in [4.78, 5) is 17.8. The van der Waals surface area contributed by atoms with Crippen LogP contribution in [0.3, 0.4) is 0 Å². The lowest BCUT2D eigenvalue weighted by Gasteiger charge is -2.13. The van der Waals surface area contributed by atoms with E-state index < -0.39 is 0 Å². The molecule has 0 saturated carbocycles. The molecule has 0 unspecified atom stereocenters. The quantitative estimate of drug-likeness (QED) is 0.246. The van der Waals surface area contributed by atoms with Gasteiger partial charge in [0.25, 0.3) is 5.91 Å². The number of hydrogen-bond donors (Lipinski definition) is 0. The molecule has 3 aromatic carbocycles. The molecule has 0 aliphatic rings. The van der Waals surface area contributed by atoms with E-state index in [-0.39, 0.29) is 5.91 Å². The van der Waals surface area contributed by atoms with Crippen LogP contribution < -0.4 is 9.75 Å². The first-order valence-corrected chi connectivity index (χ1v) is 11.0. The number of aromatic nitrogens is 1. The van der Waals surface area contributed by atoms with Gasteiger partial charge >= 0.3 is 0 Å². The minimum absolute atomic E-state index is 0.240. The van der Waals surface area contributed by atoms with Crippen molar-refractivity contribution < 1.29 is 9.53 Å². The van der Waals surface area contributed by atoms with Crippen LogP contribution in [0.4, 0.5) is 5.13 Å². The Bertz CT molecular complexity index is 1190. The molecule has 150 valence electrons. The Balaban J connectivity index is 1.70. The lowest BCUT2D eigenvalue weighted by atomic mass is 10.2. The third kappa shape index (κ3) is 4.58. The molecule has 0 spiro atoms. The van der Waals surface area contributed by atoms with E-state index in [1.807, 2.05) is 67.6 Å². The first-order chi connectivity index (χ1) is 14.6. The molecular formula is C23H18BrN3O2S. The molecule has 0 saturated heterocycles. The van der Waals surface area contributed by atoms with Crippen molar-refractivity contribution in [2.45, 2.75) is 6.92 Å². The summed E-state index contributed by atoms with van der Waals surface area (Å²) in [7, 11) is 0. The van der Waals surface area contributed by atoms with Gasteiger partial charge in [-0.2, -0.15) is 10.1 Å². The van der Waals surface area contributed by atoms with E-state index in [9.17, 15) is 4.79 Å². The third-order valence-corrected chi connectivity index (χ3v) is 5.73. The fourth-order valence-corrected chi connectivity index (χ4v) is 4.28. The topological polar surface area (TPSA) is 54.8 Å². The number of ether oxygens (including phenoxy) is 1. The number of fused-ring (bicyclic) bond motifs is 1. The maximum atomic E-state index is 13.2. The van der Waals surface area contributed by atoms with E-state index in [4.69, 9.17) is 4.74 Å². The number of nitrogens with zero attached hydrogens (tertiary/aromatic N) is 3. The number of amides is 1. The number of benzene rings is 3. The lowest BCUT2D eigenvalue weighted by Crippen LogP contribution is -2.25. The molecule has 1 aromatic heterocycles. The summed E-state index contributed by atoms with van der Waals surface area (Å²) in [6.45, 7) is 2.56. The summed E-state index contributed by atoms with van der Waals surface area (Å²) in [5.41, 5.74) is 2.22. The van der Waals surface area contributed by atoms with E-state index in [0.717, 1.165) is 26.0 Å². The molecular weight excluding hydrogens is 462 g/mol. The van der Waals surface area contributed by atoms with Crippen LogP contribution in [0.5, 0.6) is 5.75 Å². The smallest absolute Gasteiger partial charge is 0.280 e. The van der Waals surface area contributed by atoms with Crippen LogP contribution in [0.25, 0.3) is 10.2 Å². The average molecular weight is 480 g/mol. The number of carbonyl (C=O) groups excluding carboxylic acids is 1. The Kier molecular flexibility index (Phi) is 6.21. The summed E-state index contributed by atoms with van der Waals surface area (Å²) in [6.07, 6.45) is 1.65. The van der Waals surface area contributed by atoms with Gasteiger partial charge in [-0.3, -0.25) is 4.79 Å². The maximum Gasteiger partial charge on any atom is 0.280 e. The van der Waals surface area contributed by atoms with E-state index in [1.54, 1.807) is 18.3 Å². The van der Waals surface area contributed by atoms with Gasteiger partial charge in [0.1, 0.15) is 5.75 Å². The highest BCUT2D eigenvalue weighted by atomic mass is 79.9. The number of hydrogen-bond acceptors (Lipinski definition) is 5. The lowest BCUT2D eigenvalue weighted by molar-refractivity contribution is 0.0988. The van der Waals surface area contributed by atoms with Crippen molar-refractivity contribution in [1.29, 1.82) is 0 Å². The summed E-state index contributed by atoms with van der Waals surface area (Å²) < 4.78 is 7.41. The second-order valence-electron chi connectivity index (χ2n) is 6.34. The van der Waals surface area contributed by atoms with Gasteiger partial charge in [0, 0.05) is 10.0 Å². The molecule has 30 heavy (non-hydrogen) atoms. The zero-order valence-corrected chi connectivity index (χ0v) is 18.6. The number of carbonyl (C=O) groups is 1. The van der Waals surface area contributed by atoms with Gasteiger partial charge < -0.3 is 4.74 Å². The van der Waals surface area contributed by atoms with E-state index in [2.05, 4.69) is 26.0 Å². The molecule has 7 heteroatoms. The van der Waals surface area contributed by atoms with Gasteiger partial charge in [-0.15, -0.1) is 0 Å². The first kappa shape index (κ1) is 20.3. The van der Waals surface area contributed by atoms with Crippen LogP contribution in [0.1, 0.15) is 22.8 Å². The number of rotatable bonds is 6. The van der Waals surface area contributed by atoms with Crippen molar-refractivity contribution in [3.63, 3.8) is 0 Å². The Morgan fingerprint density at radius 1 is 1.13 bits per heavy atom. The van der Waals surface area contributed by atoms with Crippen LogP contribution in [0.15, 0.2) is 82.4 Å². The second-order valence-corrected chi connectivity index (χ2v) is 8.26. The van der Waals surface area contributed by atoms with Crippen molar-refractivity contribution in [3.8, 4) is 5.75 Å². The maximum absolute atomic E-state index is 13.2. The average Bonchev–Trinajstić information content (AvgIpc) is 3.18. The normalized spacial score (nSPS) is 11.1. The number of hydrazone groups is 1. The minimum atomic E-state index is -0.240. The van der Waals surface area contributed by atoms with Crippen LogP contribution in [-0.4, -0.2) is 23.7 Å². The summed E-state index contributed by atoms with van der Waals surface area (Å²) in [5.74, 6) is 0.555.